The Morgan fingerprint density at radius 2 is 1.58 bits per heavy atom. The maximum atomic E-state index is 9.50. The van der Waals surface area contributed by atoms with E-state index in [-0.39, 0.29) is 5.41 Å². The molecule has 2 nitrogen and oxygen atoms in total. The Bertz CT molecular complexity index is 370. The lowest BCUT2D eigenvalue weighted by Crippen LogP contribution is -2.31. The average Bonchev–Trinajstić information content (AvgIpc) is 2.63. The first kappa shape index (κ1) is 19.8. The molecule has 2 aliphatic rings. The molecule has 0 aliphatic heterocycles. The van der Waals surface area contributed by atoms with Crippen molar-refractivity contribution in [1.82, 2.24) is 0 Å². The number of nitrogens with zero attached hydrogens (tertiary/aromatic N) is 1. The van der Waals surface area contributed by atoms with Crippen LogP contribution in [-0.2, 0) is 4.74 Å². The van der Waals surface area contributed by atoms with Gasteiger partial charge in [-0.1, -0.05) is 58.8 Å². The Balaban J connectivity index is 1.60. The Labute approximate surface area is 150 Å². The van der Waals surface area contributed by atoms with Gasteiger partial charge >= 0.3 is 0 Å². The highest BCUT2D eigenvalue weighted by molar-refractivity contribution is 5.01. The summed E-state index contributed by atoms with van der Waals surface area (Å²) >= 11 is 0. The monoisotopic (exact) mass is 333 g/mol. The first-order valence-electron chi connectivity index (χ1n) is 10.7. The van der Waals surface area contributed by atoms with Crippen molar-refractivity contribution in [2.45, 2.75) is 110 Å². The molecule has 0 aromatic carbocycles. The Hall–Kier alpha value is -0.550. The van der Waals surface area contributed by atoms with Crippen LogP contribution in [0.5, 0.6) is 0 Å². The van der Waals surface area contributed by atoms with Crippen LogP contribution in [0.4, 0.5) is 0 Å². The molecule has 0 N–H and O–H groups in total. The van der Waals surface area contributed by atoms with E-state index in [1.165, 1.54) is 51.4 Å². The molecule has 2 saturated carbocycles. The zero-order valence-electron chi connectivity index (χ0n) is 16.2. The van der Waals surface area contributed by atoms with Gasteiger partial charge in [-0.05, 0) is 56.8 Å². The van der Waals surface area contributed by atoms with E-state index < -0.39 is 0 Å². The van der Waals surface area contributed by atoms with Crippen molar-refractivity contribution in [3.63, 3.8) is 0 Å². The lowest BCUT2D eigenvalue weighted by atomic mass is 9.71. The van der Waals surface area contributed by atoms with Crippen LogP contribution < -0.4 is 0 Å². The summed E-state index contributed by atoms with van der Waals surface area (Å²) in [6, 6.07) is 2.61. The smallest absolute Gasteiger partial charge is 0.0689 e. The molecule has 0 heterocycles. The van der Waals surface area contributed by atoms with E-state index in [0.29, 0.717) is 6.10 Å². The second-order valence-electron chi connectivity index (χ2n) is 8.56. The largest absolute Gasteiger partial charge is 0.378 e. The molecule has 0 aromatic heterocycles. The number of rotatable bonds is 9. The van der Waals surface area contributed by atoms with Crippen LogP contribution in [0.1, 0.15) is 104 Å². The lowest BCUT2D eigenvalue weighted by Gasteiger charge is -2.36. The van der Waals surface area contributed by atoms with E-state index in [9.17, 15) is 5.26 Å². The molecule has 2 heteroatoms. The molecule has 0 atom stereocenters. The molecular weight excluding hydrogens is 294 g/mol. The first-order valence-corrected chi connectivity index (χ1v) is 10.7. The molecule has 2 aliphatic carbocycles. The summed E-state index contributed by atoms with van der Waals surface area (Å²) in [7, 11) is 0. The molecular formula is C22H39NO. The predicted octanol–water partition coefficient (Wildman–Crippen LogP) is 6.64. The zero-order chi connectivity index (χ0) is 17.3. The summed E-state index contributed by atoms with van der Waals surface area (Å²) in [6.07, 6.45) is 18.2. The molecule has 0 bridgehead atoms. The summed E-state index contributed by atoms with van der Waals surface area (Å²) in [5.41, 5.74) is -0.0365. The third-order valence-electron chi connectivity index (χ3n) is 6.61. The SMILES string of the molecule is CCCCCC1CCC(COC2CCC(C#N)(CCC)CC2)CC1. The fraction of sp³-hybridized carbons (Fsp3) is 0.955. The Morgan fingerprint density at radius 1 is 0.917 bits per heavy atom. The van der Waals surface area contributed by atoms with E-state index in [1.54, 1.807) is 0 Å². The third-order valence-corrected chi connectivity index (χ3v) is 6.61. The summed E-state index contributed by atoms with van der Waals surface area (Å²) in [6.45, 7) is 5.46. The molecule has 0 saturated heterocycles. The van der Waals surface area contributed by atoms with Gasteiger partial charge in [0.25, 0.3) is 0 Å². The molecule has 0 spiro atoms. The summed E-state index contributed by atoms with van der Waals surface area (Å²) in [5.74, 6) is 1.79. The van der Waals surface area contributed by atoms with Crippen molar-refractivity contribution >= 4 is 0 Å². The van der Waals surface area contributed by atoms with Crippen LogP contribution in [-0.4, -0.2) is 12.7 Å². The van der Waals surface area contributed by atoms with Gasteiger partial charge in [-0.3, -0.25) is 0 Å². The van der Waals surface area contributed by atoms with Crippen molar-refractivity contribution in [2.24, 2.45) is 17.3 Å². The van der Waals surface area contributed by atoms with Crippen LogP contribution in [0.15, 0.2) is 0 Å². The summed E-state index contributed by atoms with van der Waals surface area (Å²) < 4.78 is 6.26. The molecule has 138 valence electrons. The van der Waals surface area contributed by atoms with E-state index in [0.717, 1.165) is 57.0 Å². The van der Waals surface area contributed by atoms with Gasteiger partial charge in [-0.2, -0.15) is 5.26 Å². The predicted molar refractivity (Wildman–Crippen MR) is 101 cm³/mol. The van der Waals surface area contributed by atoms with Crippen LogP contribution in [0.2, 0.25) is 0 Å². The molecule has 0 aromatic rings. The van der Waals surface area contributed by atoms with Crippen LogP contribution >= 0.6 is 0 Å². The van der Waals surface area contributed by atoms with Crippen molar-refractivity contribution < 1.29 is 4.74 Å². The maximum absolute atomic E-state index is 9.50. The highest BCUT2D eigenvalue weighted by Gasteiger charge is 2.35. The maximum Gasteiger partial charge on any atom is 0.0689 e. The van der Waals surface area contributed by atoms with E-state index in [1.807, 2.05) is 0 Å². The normalized spacial score (nSPS) is 34.0. The molecule has 2 fully saturated rings. The minimum Gasteiger partial charge on any atom is -0.378 e. The number of hydrogen-bond donors (Lipinski definition) is 0. The Kier molecular flexibility index (Phi) is 8.60. The van der Waals surface area contributed by atoms with Gasteiger partial charge in [0.1, 0.15) is 0 Å². The third kappa shape index (κ3) is 6.07. The number of unbranched alkanes of at least 4 members (excludes halogenated alkanes) is 2. The fourth-order valence-corrected chi connectivity index (χ4v) is 4.85. The highest BCUT2D eigenvalue weighted by atomic mass is 16.5. The van der Waals surface area contributed by atoms with Crippen molar-refractivity contribution in [1.29, 1.82) is 5.26 Å². The van der Waals surface area contributed by atoms with Crippen LogP contribution in [0.25, 0.3) is 0 Å². The van der Waals surface area contributed by atoms with E-state index in [2.05, 4.69) is 19.9 Å². The Morgan fingerprint density at radius 3 is 2.17 bits per heavy atom. The van der Waals surface area contributed by atoms with E-state index in [4.69, 9.17) is 4.74 Å². The summed E-state index contributed by atoms with van der Waals surface area (Å²) in [4.78, 5) is 0. The van der Waals surface area contributed by atoms with Gasteiger partial charge in [-0.15, -0.1) is 0 Å². The van der Waals surface area contributed by atoms with Crippen molar-refractivity contribution in [2.75, 3.05) is 6.61 Å². The standard InChI is InChI=1S/C22H39NO/c1-3-5-6-7-19-8-10-20(11-9-19)17-24-21-12-15-22(18-23,14-4-2)16-13-21/h19-21H,3-17H2,1-2H3. The van der Waals surface area contributed by atoms with Gasteiger partial charge < -0.3 is 4.74 Å². The molecule has 0 radical (unpaired) electrons. The average molecular weight is 334 g/mol. The minimum absolute atomic E-state index is 0.0365. The van der Waals surface area contributed by atoms with E-state index >= 15 is 0 Å². The van der Waals surface area contributed by atoms with Gasteiger partial charge in [-0.25, -0.2) is 0 Å². The number of nitriles is 1. The number of hydrogen-bond acceptors (Lipinski definition) is 2. The van der Waals surface area contributed by atoms with Gasteiger partial charge in [0.2, 0.25) is 0 Å². The topological polar surface area (TPSA) is 33.0 Å². The van der Waals surface area contributed by atoms with Gasteiger partial charge in [0, 0.05) is 6.61 Å². The van der Waals surface area contributed by atoms with Gasteiger partial charge in [0.05, 0.1) is 17.6 Å². The zero-order valence-corrected chi connectivity index (χ0v) is 16.2. The molecule has 0 amide bonds. The molecule has 24 heavy (non-hydrogen) atoms. The second-order valence-corrected chi connectivity index (χ2v) is 8.56. The summed E-state index contributed by atoms with van der Waals surface area (Å²) in [5, 5.41) is 9.50. The fourth-order valence-electron chi connectivity index (χ4n) is 4.85. The first-order chi connectivity index (χ1) is 11.7. The van der Waals surface area contributed by atoms with Crippen LogP contribution in [0, 0.1) is 28.6 Å². The van der Waals surface area contributed by atoms with Crippen molar-refractivity contribution in [3.05, 3.63) is 0 Å². The van der Waals surface area contributed by atoms with Crippen molar-refractivity contribution in [3.8, 4) is 6.07 Å². The second kappa shape index (κ2) is 10.4. The van der Waals surface area contributed by atoms with Crippen LogP contribution in [0.3, 0.4) is 0 Å². The highest BCUT2D eigenvalue weighted by Crippen LogP contribution is 2.41. The lowest BCUT2D eigenvalue weighted by molar-refractivity contribution is -0.0183. The molecule has 2 rings (SSSR count). The minimum atomic E-state index is -0.0365. The number of ether oxygens (including phenoxy) is 1. The molecule has 0 unspecified atom stereocenters. The van der Waals surface area contributed by atoms with Gasteiger partial charge in [0.15, 0.2) is 0 Å². The quantitative estimate of drug-likeness (QED) is 0.443.